The summed E-state index contributed by atoms with van der Waals surface area (Å²) in [7, 11) is 0. The van der Waals surface area contributed by atoms with Crippen LogP contribution in [0.4, 0.5) is 0 Å². The third kappa shape index (κ3) is 1.96. The second kappa shape index (κ2) is 4.09. The van der Waals surface area contributed by atoms with Gasteiger partial charge in [-0.25, -0.2) is 0 Å². The average Bonchev–Trinajstić information content (AvgIpc) is 2.71. The molecule has 13 heavy (non-hydrogen) atoms. The minimum Gasteiger partial charge on any atom is -0.372 e. The summed E-state index contributed by atoms with van der Waals surface area (Å²) in [5.41, 5.74) is 5.68. The smallest absolute Gasteiger partial charge is 0.0958 e. The van der Waals surface area contributed by atoms with Crippen LogP contribution in [0.1, 0.15) is 17.4 Å². The summed E-state index contributed by atoms with van der Waals surface area (Å²) in [4.78, 5) is 1.29. The van der Waals surface area contributed by atoms with Gasteiger partial charge in [-0.15, -0.1) is 11.3 Å². The van der Waals surface area contributed by atoms with Gasteiger partial charge in [-0.1, -0.05) is 0 Å². The molecule has 0 spiro atoms. The first-order valence-electron chi connectivity index (χ1n) is 4.38. The fourth-order valence-corrected chi connectivity index (χ4v) is 3.24. The maximum absolute atomic E-state index is 5.68. The highest BCUT2D eigenvalue weighted by Gasteiger charge is 2.29. The van der Waals surface area contributed by atoms with Gasteiger partial charge >= 0.3 is 0 Å². The predicted octanol–water partition coefficient (Wildman–Crippen LogP) is 2.55. The van der Waals surface area contributed by atoms with Crippen molar-refractivity contribution in [2.24, 2.45) is 11.7 Å². The highest BCUT2D eigenvalue weighted by atomic mass is 79.9. The first kappa shape index (κ1) is 9.65. The molecule has 1 saturated heterocycles. The molecule has 2 nitrogen and oxygen atoms in total. The Morgan fingerprint density at radius 2 is 2.46 bits per heavy atom. The second-order valence-electron chi connectivity index (χ2n) is 3.22. The van der Waals surface area contributed by atoms with Crippen molar-refractivity contribution in [3.05, 3.63) is 20.8 Å². The molecule has 0 saturated carbocycles. The SMILES string of the molecule is NCC1CCOC1c1ccc(Br)s1. The predicted molar refractivity (Wildman–Crippen MR) is 57.9 cm³/mol. The maximum Gasteiger partial charge on any atom is 0.0958 e. The van der Waals surface area contributed by atoms with Gasteiger partial charge in [0.2, 0.25) is 0 Å². The van der Waals surface area contributed by atoms with Crippen molar-refractivity contribution >= 4 is 27.3 Å². The lowest BCUT2D eigenvalue weighted by Crippen LogP contribution is -2.16. The fraction of sp³-hybridized carbons (Fsp3) is 0.556. The molecule has 4 heteroatoms. The second-order valence-corrected chi connectivity index (χ2v) is 5.71. The Balaban J connectivity index is 2.15. The van der Waals surface area contributed by atoms with Crippen LogP contribution in [0.3, 0.4) is 0 Å². The van der Waals surface area contributed by atoms with E-state index in [0.717, 1.165) is 23.4 Å². The highest BCUT2D eigenvalue weighted by Crippen LogP contribution is 2.38. The van der Waals surface area contributed by atoms with Crippen LogP contribution in [0.2, 0.25) is 0 Å². The molecule has 2 heterocycles. The van der Waals surface area contributed by atoms with E-state index in [-0.39, 0.29) is 6.10 Å². The van der Waals surface area contributed by atoms with Crippen LogP contribution in [-0.2, 0) is 4.74 Å². The van der Waals surface area contributed by atoms with Crippen molar-refractivity contribution in [1.29, 1.82) is 0 Å². The Morgan fingerprint density at radius 1 is 1.62 bits per heavy atom. The maximum atomic E-state index is 5.68. The molecule has 1 aliphatic rings. The molecule has 2 rings (SSSR count). The summed E-state index contributed by atoms with van der Waals surface area (Å²) < 4.78 is 6.83. The fourth-order valence-electron chi connectivity index (χ4n) is 1.67. The number of thiophene rings is 1. The van der Waals surface area contributed by atoms with E-state index in [1.54, 1.807) is 11.3 Å². The lowest BCUT2D eigenvalue weighted by Gasteiger charge is -2.14. The summed E-state index contributed by atoms with van der Waals surface area (Å²) in [5.74, 6) is 0.505. The Kier molecular flexibility index (Phi) is 3.03. The van der Waals surface area contributed by atoms with E-state index in [2.05, 4.69) is 28.1 Å². The van der Waals surface area contributed by atoms with Crippen molar-refractivity contribution in [3.63, 3.8) is 0 Å². The summed E-state index contributed by atoms with van der Waals surface area (Å²) in [6, 6.07) is 4.18. The number of hydrogen-bond donors (Lipinski definition) is 1. The van der Waals surface area contributed by atoms with Gasteiger partial charge in [0.15, 0.2) is 0 Å². The molecule has 2 atom stereocenters. The zero-order valence-electron chi connectivity index (χ0n) is 7.20. The first-order chi connectivity index (χ1) is 6.31. The molecule has 0 aliphatic carbocycles. The van der Waals surface area contributed by atoms with E-state index in [9.17, 15) is 0 Å². The molecule has 1 fully saturated rings. The number of hydrogen-bond acceptors (Lipinski definition) is 3. The topological polar surface area (TPSA) is 35.2 Å². The molecule has 2 unspecified atom stereocenters. The molecule has 72 valence electrons. The van der Waals surface area contributed by atoms with Crippen molar-refractivity contribution in [2.75, 3.05) is 13.2 Å². The zero-order chi connectivity index (χ0) is 9.26. The lowest BCUT2D eigenvalue weighted by molar-refractivity contribution is 0.0953. The van der Waals surface area contributed by atoms with Gasteiger partial charge in [-0.2, -0.15) is 0 Å². The van der Waals surface area contributed by atoms with Gasteiger partial charge < -0.3 is 10.5 Å². The summed E-state index contributed by atoms with van der Waals surface area (Å²) in [5, 5.41) is 0. The Bertz CT molecular complexity index is 289. The van der Waals surface area contributed by atoms with E-state index in [4.69, 9.17) is 10.5 Å². The molecular weight excluding hydrogens is 250 g/mol. The summed E-state index contributed by atoms with van der Waals surface area (Å²) in [6.07, 6.45) is 1.33. The summed E-state index contributed by atoms with van der Waals surface area (Å²) >= 11 is 5.19. The van der Waals surface area contributed by atoms with E-state index >= 15 is 0 Å². The molecule has 0 amide bonds. The van der Waals surface area contributed by atoms with Gasteiger partial charge in [0.25, 0.3) is 0 Å². The molecule has 2 N–H and O–H groups in total. The van der Waals surface area contributed by atoms with Crippen molar-refractivity contribution in [1.82, 2.24) is 0 Å². The monoisotopic (exact) mass is 261 g/mol. The van der Waals surface area contributed by atoms with Crippen LogP contribution < -0.4 is 5.73 Å². The zero-order valence-corrected chi connectivity index (χ0v) is 9.61. The van der Waals surface area contributed by atoms with E-state index in [1.165, 1.54) is 4.88 Å². The first-order valence-corrected chi connectivity index (χ1v) is 5.99. The Labute approximate surface area is 90.2 Å². The molecule has 0 bridgehead atoms. The van der Waals surface area contributed by atoms with Crippen LogP contribution in [0.5, 0.6) is 0 Å². The standard InChI is InChI=1S/C9H12BrNOS/c10-8-2-1-7(13-8)9-6(5-11)3-4-12-9/h1-2,6,9H,3-5,11H2. The van der Waals surface area contributed by atoms with Gasteiger partial charge in [0, 0.05) is 17.4 Å². The lowest BCUT2D eigenvalue weighted by atomic mass is 10.0. The van der Waals surface area contributed by atoms with Crippen LogP contribution in [0.25, 0.3) is 0 Å². The van der Waals surface area contributed by atoms with E-state index in [1.807, 2.05) is 0 Å². The minimum atomic E-state index is 0.237. The molecule has 0 aromatic carbocycles. The van der Waals surface area contributed by atoms with E-state index in [0.29, 0.717) is 5.92 Å². The highest BCUT2D eigenvalue weighted by molar-refractivity contribution is 9.11. The third-order valence-electron chi connectivity index (χ3n) is 2.39. The van der Waals surface area contributed by atoms with Gasteiger partial charge in [-0.3, -0.25) is 0 Å². The van der Waals surface area contributed by atoms with Crippen molar-refractivity contribution in [2.45, 2.75) is 12.5 Å². The van der Waals surface area contributed by atoms with Gasteiger partial charge in [-0.05, 0) is 41.0 Å². The largest absolute Gasteiger partial charge is 0.372 e. The minimum absolute atomic E-state index is 0.237. The van der Waals surface area contributed by atoms with Crippen molar-refractivity contribution in [3.8, 4) is 0 Å². The molecule has 1 aromatic heterocycles. The normalized spacial score (nSPS) is 28.2. The Hall–Kier alpha value is 0.1000. The van der Waals surface area contributed by atoms with Gasteiger partial charge in [0.05, 0.1) is 9.89 Å². The van der Waals surface area contributed by atoms with Crippen LogP contribution in [0, 0.1) is 5.92 Å². The number of rotatable bonds is 2. The number of nitrogens with two attached hydrogens (primary N) is 1. The van der Waals surface area contributed by atoms with Crippen molar-refractivity contribution < 1.29 is 4.74 Å². The molecular formula is C9H12BrNOS. The van der Waals surface area contributed by atoms with Crippen LogP contribution in [0.15, 0.2) is 15.9 Å². The van der Waals surface area contributed by atoms with Crippen LogP contribution in [-0.4, -0.2) is 13.2 Å². The third-order valence-corrected chi connectivity index (χ3v) is 4.08. The Morgan fingerprint density at radius 3 is 3.08 bits per heavy atom. The molecule has 0 radical (unpaired) electrons. The summed E-state index contributed by atoms with van der Waals surface area (Å²) in [6.45, 7) is 1.57. The van der Waals surface area contributed by atoms with E-state index < -0.39 is 0 Å². The average molecular weight is 262 g/mol. The number of halogens is 1. The van der Waals surface area contributed by atoms with Gasteiger partial charge in [0.1, 0.15) is 0 Å². The molecule has 1 aliphatic heterocycles. The quantitative estimate of drug-likeness (QED) is 0.889. The van der Waals surface area contributed by atoms with Crippen LogP contribution >= 0.6 is 27.3 Å². The number of ether oxygens (including phenoxy) is 1. The molecule has 1 aromatic rings.